The number of hydrogen-bond donors (Lipinski definition) is 2. The summed E-state index contributed by atoms with van der Waals surface area (Å²) in [5, 5.41) is 6.60. The van der Waals surface area contributed by atoms with Gasteiger partial charge in [-0.3, -0.25) is 10.3 Å². The van der Waals surface area contributed by atoms with E-state index in [-0.39, 0.29) is 17.6 Å². The Bertz CT molecular complexity index is 1060. The number of nitrogens with two attached hydrogens (primary N) is 2. The van der Waals surface area contributed by atoms with E-state index in [4.69, 9.17) is 20.3 Å². The molecule has 4 N–H and O–H groups in total. The second kappa shape index (κ2) is 8.76. The first-order valence-corrected chi connectivity index (χ1v) is 11.7. The van der Waals surface area contributed by atoms with Crippen LogP contribution in [0.5, 0.6) is 0 Å². The van der Waals surface area contributed by atoms with Gasteiger partial charge in [-0.2, -0.15) is 0 Å². The topological polar surface area (TPSA) is 106 Å². The lowest BCUT2D eigenvalue weighted by Crippen LogP contribution is -2.52. The molecule has 33 heavy (non-hydrogen) atoms. The summed E-state index contributed by atoms with van der Waals surface area (Å²) < 4.78 is 11.7. The fourth-order valence-corrected chi connectivity index (χ4v) is 4.49. The highest BCUT2D eigenvalue weighted by molar-refractivity contribution is 5.98. The first-order chi connectivity index (χ1) is 15.9. The van der Waals surface area contributed by atoms with Crippen LogP contribution in [0.1, 0.15) is 38.1 Å². The molecule has 0 amide bonds. The molecule has 1 saturated carbocycles. The van der Waals surface area contributed by atoms with E-state index in [1.165, 1.54) is 0 Å². The molecule has 2 fully saturated rings. The Balaban J connectivity index is 1.27. The number of furan rings is 1. The van der Waals surface area contributed by atoms with Gasteiger partial charge in [-0.15, -0.1) is 0 Å². The smallest absolute Gasteiger partial charge is 0.207 e. The molecule has 8 heteroatoms. The zero-order valence-corrected chi connectivity index (χ0v) is 19.4. The molecule has 0 aromatic carbocycles. The molecule has 2 aromatic rings. The third kappa shape index (κ3) is 4.86. The number of piperazine rings is 1. The number of ether oxygens (including phenoxy) is 1. The molecule has 0 spiro atoms. The van der Waals surface area contributed by atoms with Crippen molar-refractivity contribution in [2.24, 2.45) is 11.7 Å². The van der Waals surface area contributed by atoms with Crippen molar-refractivity contribution in [1.29, 1.82) is 0 Å². The summed E-state index contributed by atoms with van der Waals surface area (Å²) in [5.74, 6) is 2.55. The molecule has 3 atom stereocenters. The van der Waals surface area contributed by atoms with Gasteiger partial charge in [0.05, 0.1) is 18.7 Å². The van der Waals surface area contributed by atoms with E-state index in [2.05, 4.69) is 33.6 Å². The van der Waals surface area contributed by atoms with E-state index in [1.807, 2.05) is 36.4 Å². The van der Waals surface area contributed by atoms with Gasteiger partial charge in [0.1, 0.15) is 35.0 Å². The van der Waals surface area contributed by atoms with Gasteiger partial charge in [0, 0.05) is 37.8 Å². The number of hydrogen-bond acceptors (Lipinski definition) is 7. The third-order valence-corrected chi connectivity index (χ3v) is 6.90. The Morgan fingerprint density at radius 1 is 1.33 bits per heavy atom. The summed E-state index contributed by atoms with van der Waals surface area (Å²) in [4.78, 5) is 13.7. The first kappa shape index (κ1) is 21.9. The zero-order chi connectivity index (χ0) is 23.0. The lowest BCUT2D eigenvalue weighted by Gasteiger charge is -2.40. The SMILES string of the molecule is C[C@H]1CN(c2cc(C(=[NH2+])C3C=C(OC4(C)CC4)C=CC3N)ncn2)CCN1Cc1ccco1. The van der Waals surface area contributed by atoms with Crippen LogP contribution >= 0.6 is 0 Å². The minimum atomic E-state index is -0.215. The van der Waals surface area contributed by atoms with Crippen LogP contribution in [-0.4, -0.2) is 57.9 Å². The molecule has 3 heterocycles. The van der Waals surface area contributed by atoms with Crippen molar-refractivity contribution < 1.29 is 14.6 Å². The van der Waals surface area contributed by atoms with Crippen molar-refractivity contribution in [2.45, 2.75) is 50.9 Å². The number of allylic oxidation sites excluding steroid dienone is 1. The van der Waals surface area contributed by atoms with Gasteiger partial charge < -0.3 is 19.8 Å². The van der Waals surface area contributed by atoms with Crippen molar-refractivity contribution >= 4 is 11.5 Å². The predicted octanol–water partition coefficient (Wildman–Crippen LogP) is 1.29. The summed E-state index contributed by atoms with van der Waals surface area (Å²) in [6.45, 7) is 7.87. The van der Waals surface area contributed by atoms with Crippen LogP contribution in [-0.2, 0) is 11.3 Å². The third-order valence-electron chi connectivity index (χ3n) is 6.90. The average Bonchev–Trinajstić information content (AvgIpc) is 3.31. The molecule has 3 aliphatic rings. The second-order valence-corrected chi connectivity index (χ2v) is 9.64. The molecule has 0 bridgehead atoms. The Morgan fingerprint density at radius 2 is 2.18 bits per heavy atom. The normalized spacial score (nSPS) is 26.7. The average molecular weight is 450 g/mol. The highest BCUT2D eigenvalue weighted by Gasteiger charge is 2.41. The largest absolute Gasteiger partial charge is 0.488 e. The Labute approximate surface area is 194 Å². The van der Waals surface area contributed by atoms with Gasteiger partial charge in [0.25, 0.3) is 0 Å². The van der Waals surface area contributed by atoms with Gasteiger partial charge >= 0.3 is 0 Å². The van der Waals surface area contributed by atoms with Gasteiger partial charge in [0.2, 0.25) is 5.71 Å². The predicted molar refractivity (Wildman–Crippen MR) is 126 cm³/mol. The maximum atomic E-state index is 6.60. The number of anilines is 1. The van der Waals surface area contributed by atoms with Crippen LogP contribution in [0.4, 0.5) is 5.82 Å². The summed E-state index contributed by atoms with van der Waals surface area (Å²) in [7, 11) is 0. The van der Waals surface area contributed by atoms with Crippen molar-refractivity contribution in [2.75, 3.05) is 24.5 Å². The molecule has 2 unspecified atom stereocenters. The lowest BCUT2D eigenvalue weighted by molar-refractivity contribution is -0.118. The number of rotatable bonds is 7. The van der Waals surface area contributed by atoms with Crippen LogP contribution < -0.4 is 16.0 Å². The fourth-order valence-electron chi connectivity index (χ4n) is 4.49. The first-order valence-electron chi connectivity index (χ1n) is 11.7. The Morgan fingerprint density at radius 3 is 2.91 bits per heavy atom. The molecule has 1 saturated heterocycles. The maximum absolute atomic E-state index is 6.60. The monoisotopic (exact) mass is 449 g/mol. The summed E-state index contributed by atoms with van der Waals surface area (Å²) >= 11 is 0. The highest BCUT2D eigenvalue weighted by atomic mass is 16.5. The highest BCUT2D eigenvalue weighted by Crippen LogP contribution is 2.41. The van der Waals surface area contributed by atoms with Crippen LogP contribution in [0.15, 0.2) is 59.2 Å². The molecule has 0 radical (unpaired) electrons. The van der Waals surface area contributed by atoms with Gasteiger partial charge in [0.15, 0.2) is 0 Å². The van der Waals surface area contributed by atoms with Crippen LogP contribution in [0, 0.1) is 5.92 Å². The van der Waals surface area contributed by atoms with E-state index in [9.17, 15) is 0 Å². The van der Waals surface area contributed by atoms with Crippen molar-refractivity contribution in [1.82, 2.24) is 14.9 Å². The van der Waals surface area contributed by atoms with Gasteiger partial charge in [-0.25, -0.2) is 9.97 Å². The van der Waals surface area contributed by atoms with Crippen molar-refractivity contribution in [3.8, 4) is 0 Å². The summed E-state index contributed by atoms with van der Waals surface area (Å²) in [6.07, 6.45) is 11.4. The van der Waals surface area contributed by atoms with E-state index < -0.39 is 0 Å². The van der Waals surface area contributed by atoms with E-state index in [0.717, 1.165) is 62.1 Å². The van der Waals surface area contributed by atoms with Crippen LogP contribution in [0.3, 0.4) is 0 Å². The lowest BCUT2D eigenvalue weighted by atomic mass is 9.88. The number of aromatic nitrogens is 2. The quantitative estimate of drug-likeness (QED) is 0.614. The van der Waals surface area contributed by atoms with E-state index in [0.29, 0.717) is 11.8 Å². The molecular formula is C25H33N6O2+. The van der Waals surface area contributed by atoms with Crippen LogP contribution in [0.25, 0.3) is 0 Å². The van der Waals surface area contributed by atoms with Crippen LogP contribution in [0.2, 0.25) is 0 Å². The molecule has 1 aliphatic heterocycles. The minimum Gasteiger partial charge on any atom is -0.488 e. The van der Waals surface area contributed by atoms with Gasteiger partial charge in [-0.05, 0) is 51.0 Å². The molecule has 5 rings (SSSR count). The molecule has 174 valence electrons. The summed E-state index contributed by atoms with van der Waals surface area (Å²) in [5.41, 5.74) is 7.69. The minimum absolute atomic E-state index is 0.0468. The fraction of sp³-hybridized carbons (Fsp3) is 0.480. The molecule has 2 aromatic heterocycles. The van der Waals surface area contributed by atoms with E-state index >= 15 is 0 Å². The van der Waals surface area contributed by atoms with E-state index in [1.54, 1.807) is 12.6 Å². The molecular weight excluding hydrogens is 416 g/mol. The van der Waals surface area contributed by atoms with Crippen molar-refractivity contribution in [3.63, 3.8) is 0 Å². The summed E-state index contributed by atoms with van der Waals surface area (Å²) in [6, 6.07) is 6.09. The molecule has 2 aliphatic carbocycles. The maximum Gasteiger partial charge on any atom is 0.207 e. The molecule has 8 nitrogen and oxygen atoms in total. The van der Waals surface area contributed by atoms with Gasteiger partial charge in [-0.1, -0.05) is 6.08 Å². The second-order valence-electron chi connectivity index (χ2n) is 9.64. The van der Waals surface area contributed by atoms with Crippen molar-refractivity contribution in [3.05, 3.63) is 66.2 Å². The number of nitrogens with zero attached hydrogens (tertiary/aromatic N) is 4. The standard InChI is InChI=1S/C25H32N6O2/c1-17-14-31(10-9-30(17)15-19-4-3-11-32-19)23-13-22(28-16-29-23)24(27)20-12-18(5-6-21(20)26)33-25(2)7-8-25/h3-6,11-13,16-17,20-21,27H,7-10,14-15,26H2,1-2H3/p+1/t17-,20?,21?/m0/s1. The Kier molecular flexibility index (Phi) is 5.80. The Hall–Kier alpha value is -2.97. The zero-order valence-electron chi connectivity index (χ0n) is 19.4.